The van der Waals surface area contributed by atoms with Gasteiger partial charge in [-0.3, -0.25) is 0 Å². The molecule has 2 aromatic heterocycles. The van der Waals surface area contributed by atoms with E-state index in [4.69, 9.17) is 0 Å². The van der Waals surface area contributed by atoms with E-state index in [2.05, 4.69) is 58.2 Å². The van der Waals surface area contributed by atoms with E-state index < -0.39 is 0 Å². The lowest BCUT2D eigenvalue weighted by Crippen LogP contribution is -1.85. The largest absolute Gasteiger partial charge is 0.353 e. The van der Waals surface area contributed by atoms with Gasteiger partial charge >= 0.3 is 0 Å². The Morgan fingerprint density at radius 1 is 0.667 bits per heavy atom. The maximum Gasteiger partial charge on any atom is 0.114 e. The molecule has 0 saturated heterocycles. The first-order valence-electron chi connectivity index (χ1n) is 8.92. The first kappa shape index (κ1) is 15.4. The normalized spacial score (nSPS) is 10.7. The molecular formula is C25H16N2. The van der Waals surface area contributed by atoms with Gasteiger partial charge in [-0.2, -0.15) is 0 Å². The molecule has 0 fully saturated rings. The van der Waals surface area contributed by atoms with Crippen LogP contribution in [0.1, 0.15) is 11.3 Å². The number of hydrogen-bond acceptors (Lipinski definition) is 1. The van der Waals surface area contributed by atoms with Gasteiger partial charge in [0, 0.05) is 16.3 Å². The van der Waals surface area contributed by atoms with Crippen molar-refractivity contribution in [3.05, 3.63) is 102 Å². The molecule has 5 aromatic rings. The van der Waals surface area contributed by atoms with Gasteiger partial charge in [-0.25, -0.2) is 4.98 Å². The molecule has 5 rings (SSSR count). The van der Waals surface area contributed by atoms with E-state index in [1.165, 1.54) is 0 Å². The number of fused-ring (bicyclic) bond motifs is 2. The molecule has 0 amide bonds. The third kappa shape index (κ3) is 2.86. The average molecular weight is 344 g/mol. The molecule has 0 aliphatic carbocycles. The second-order valence-electron chi connectivity index (χ2n) is 6.43. The Labute approximate surface area is 157 Å². The van der Waals surface area contributed by atoms with Gasteiger partial charge in [0.05, 0.1) is 16.8 Å². The highest BCUT2D eigenvalue weighted by atomic mass is 14.7. The molecular weight excluding hydrogens is 328 g/mol. The van der Waals surface area contributed by atoms with E-state index in [0.29, 0.717) is 0 Å². The second kappa shape index (κ2) is 6.48. The van der Waals surface area contributed by atoms with Crippen molar-refractivity contribution in [2.75, 3.05) is 0 Å². The van der Waals surface area contributed by atoms with Crippen molar-refractivity contribution in [3.8, 4) is 23.1 Å². The van der Waals surface area contributed by atoms with Crippen molar-refractivity contribution in [1.29, 1.82) is 0 Å². The molecule has 3 aromatic carbocycles. The summed E-state index contributed by atoms with van der Waals surface area (Å²) < 4.78 is 0. The van der Waals surface area contributed by atoms with Gasteiger partial charge in [0.15, 0.2) is 0 Å². The Kier molecular flexibility index (Phi) is 3.70. The van der Waals surface area contributed by atoms with Crippen molar-refractivity contribution in [3.63, 3.8) is 0 Å². The maximum absolute atomic E-state index is 4.67. The summed E-state index contributed by atoms with van der Waals surface area (Å²) in [7, 11) is 0. The first-order valence-corrected chi connectivity index (χ1v) is 8.92. The highest BCUT2D eigenvalue weighted by molar-refractivity contribution is 5.94. The Hall–Kier alpha value is -3.83. The van der Waals surface area contributed by atoms with Crippen molar-refractivity contribution < 1.29 is 0 Å². The number of aromatic nitrogens is 2. The van der Waals surface area contributed by atoms with Crippen molar-refractivity contribution in [2.45, 2.75) is 0 Å². The molecule has 0 aliphatic heterocycles. The van der Waals surface area contributed by atoms with Crippen LogP contribution in [0, 0.1) is 11.8 Å². The summed E-state index contributed by atoms with van der Waals surface area (Å²) in [5.74, 6) is 6.63. The third-order valence-corrected chi connectivity index (χ3v) is 4.68. The molecule has 0 spiro atoms. The van der Waals surface area contributed by atoms with Crippen molar-refractivity contribution in [2.24, 2.45) is 0 Å². The molecule has 2 heterocycles. The number of benzene rings is 3. The number of nitrogens with zero attached hydrogens (tertiary/aromatic N) is 1. The van der Waals surface area contributed by atoms with Gasteiger partial charge in [0.2, 0.25) is 0 Å². The molecule has 1 N–H and O–H groups in total. The fourth-order valence-electron chi connectivity index (χ4n) is 3.36. The average Bonchev–Trinajstić information content (AvgIpc) is 3.11. The van der Waals surface area contributed by atoms with Gasteiger partial charge in [0.25, 0.3) is 0 Å². The molecule has 126 valence electrons. The first-order chi connectivity index (χ1) is 13.4. The minimum atomic E-state index is 0.776. The van der Waals surface area contributed by atoms with Crippen molar-refractivity contribution in [1.82, 2.24) is 9.97 Å². The summed E-state index contributed by atoms with van der Waals surface area (Å²) in [5, 5.41) is 2.25. The topological polar surface area (TPSA) is 28.7 Å². The quantitative estimate of drug-likeness (QED) is 0.383. The summed E-state index contributed by atoms with van der Waals surface area (Å²) in [4.78, 5) is 8.20. The minimum absolute atomic E-state index is 0.776. The zero-order chi connectivity index (χ0) is 18.1. The predicted molar refractivity (Wildman–Crippen MR) is 111 cm³/mol. The lowest BCUT2D eigenvalue weighted by molar-refractivity contribution is 1.36. The second-order valence-corrected chi connectivity index (χ2v) is 6.43. The van der Waals surface area contributed by atoms with Crippen LogP contribution in [0.4, 0.5) is 0 Å². The van der Waals surface area contributed by atoms with Crippen LogP contribution in [-0.4, -0.2) is 9.97 Å². The van der Waals surface area contributed by atoms with E-state index in [-0.39, 0.29) is 0 Å². The SMILES string of the molecule is C(#Cc1c(-c2ccccc2)[nH]c2ccccc12)c1ccc2ccccc2n1. The van der Waals surface area contributed by atoms with Gasteiger partial charge in [-0.05, 0) is 29.7 Å². The Balaban J connectivity index is 1.67. The maximum atomic E-state index is 4.67. The minimum Gasteiger partial charge on any atom is -0.353 e. The Morgan fingerprint density at radius 2 is 1.44 bits per heavy atom. The molecule has 2 heteroatoms. The number of aromatic amines is 1. The summed E-state index contributed by atoms with van der Waals surface area (Å²) in [6.07, 6.45) is 0. The van der Waals surface area contributed by atoms with Crippen LogP contribution in [0.2, 0.25) is 0 Å². The summed E-state index contributed by atoms with van der Waals surface area (Å²) >= 11 is 0. The van der Waals surface area contributed by atoms with E-state index in [9.17, 15) is 0 Å². The van der Waals surface area contributed by atoms with Crippen LogP contribution in [0.25, 0.3) is 33.1 Å². The molecule has 0 saturated carbocycles. The molecule has 0 unspecified atom stereocenters. The zero-order valence-electron chi connectivity index (χ0n) is 14.6. The summed E-state index contributed by atoms with van der Waals surface area (Å²) in [5.41, 5.74) is 6.01. The number of H-pyrrole nitrogens is 1. The fraction of sp³-hybridized carbons (Fsp3) is 0. The molecule has 0 radical (unpaired) electrons. The van der Waals surface area contributed by atoms with Gasteiger partial charge in [-0.15, -0.1) is 0 Å². The van der Waals surface area contributed by atoms with E-state index in [0.717, 1.165) is 44.3 Å². The molecule has 0 aliphatic rings. The molecule has 0 atom stereocenters. The standard InChI is InChI=1S/C25H16N2/c1-2-9-19(10-3-1)25-22(21-11-5-7-13-24(21)27-25)17-16-20-15-14-18-8-4-6-12-23(18)26-20/h1-15,27H. The van der Waals surface area contributed by atoms with E-state index in [1.54, 1.807) is 0 Å². The fourth-order valence-corrected chi connectivity index (χ4v) is 3.36. The number of para-hydroxylation sites is 2. The van der Waals surface area contributed by atoms with Crippen LogP contribution in [-0.2, 0) is 0 Å². The molecule has 0 bridgehead atoms. The summed E-state index contributed by atoms with van der Waals surface area (Å²) in [6.45, 7) is 0. The van der Waals surface area contributed by atoms with Gasteiger partial charge < -0.3 is 4.98 Å². The number of nitrogens with one attached hydrogen (secondary N) is 1. The van der Waals surface area contributed by atoms with Crippen LogP contribution in [0.5, 0.6) is 0 Å². The van der Waals surface area contributed by atoms with Crippen LogP contribution < -0.4 is 0 Å². The number of pyridine rings is 1. The number of rotatable bonds is 1. The smallest absolute Gasteiger partial charge is 0.114 e. The highest BCUT2D eigenvalue weighted by Gasteiger charge is 2.10. The lowest BCUT2D eigenvalue weighted by Gasteiger charge is -1.99. The Bertz CT molecular complexity index is 1320. The van der Waals surface area contributed by atoms with Gasteiger partial charge in [0.1, 0.15) is 5.69 Å². The monoisotopic (exact) mass is 344 g/mol. The van der Waals surface area contributed by atoms with Crippen molar-refractivity contribution >= 4 is 21.8 Å². The van der Waals surface area contributed by atoms with Crippen LogP contribution in [0.3, 0.4) is 0 Å². The van der Waals surface area contributed by atoms with E-state index >= 15 is 0 Å². The lowest BCUT2D eigenvalue weighted by atomic mass is 10.1. The zero-order valence-corrected chi connectivity index (χ0v) is 14.6. The van der Waals surface area contributed by atoms with Gasteiger partial charge in [-0.1, -0.05) is 78.7 Å². The molecule has 27 heavy (non-hydrogen) atoms. The van der Waals surface area contributed by atoms with Crippen LogP contribution >= 0.6 is 0 Å². The van der Waals surface area contributed by atoms with E-state index in [1.807, 2.05) is 54.6 Å². The predicted octanol–water partition coefficient (Wildman–Crippen LogP) is 5.78. The molecule has 2 nitrogen and oxygen atoms in total. The third-order valence-electron chi connectivity index (χ3n) is 4.68. The summed E-state index contributed by atoms with van der Waals surface area (Å²) in [6, 6.07) is 30.7. The van der Waals surface area contributed by atoms with Crippen LogP contribution in [0.15, 0.2) is 91.0 Å². The number of hydrogen-bond donors (Lipinski definition) is 1. The highest BCUT2D eigenvalue weighted by Crippen LogP contribution is 2.29. The Morgan fingerprint density at radius 3 is 2.37 bits per heavy atom.